The Morgan fingerprint density at radius 1 is 1.43 bits per heavy atom. The van der Waals surface area contributed by atoms with Crippen molar-refractivity contribution in [3.8, 4) is 0 Å². The molecule has 0 fully saturated rings. The number of hydrogen-bond acceptors (Lipinski definition) is 2. The summed E-state index contributed by atoms with van der Waals surface area (Å²) < 4.78 is 13.6. The summed E-state index contributed by atoms with van der Waals surface area (Å²) in [7, 11) is 0. The Balaban J connectivity index is 3.00. The second kappa shape index (κ2) is 4.32. The van der Waals surface area contributed by atoms with Crippen molar-refractivity contribution in [1.82, 2.24) is 0 Å². The van der Waals surface area contributed by atoms with Gasteiger partial charge in [0.1, 0.15) is 12.2 Å². The van der Waals surface area contributed by atoms with E-state index in [0.717, 1.165) is 6.07 Å². The molecule has 0 aromatic heterocycles. The average Bonchev–Trinajstić information content (AvgIpc) is 2.08. The van der Waals surface area contributed by atoms with Crippen LogP contribution in [0.4, 0.5) is 4.39 Å². The van der Waals surface area contributed by atoms with Gasteiger partial charge in [-0.15, -0.1) is 0 Å². The van der Waals surface area contributed by atoms with Gasteiger partial charge < -0.3 is 5.11 Å². The van der Waals surface area contributed by atoms with Crippen LogP contribution < -0.4 is 0 Å². The molecule has 74 valence electrons. The maximum Gasteiger partial charge on any atom is 0.311 e. The van der Waals surface area contributed by atoms with Gasteiger partial charge in [-0.3, -0.25) is 9.59 Å². The lowest BCUT2D eigenvalue weighted by Crippen LogP contribution is -2.08. The number of carbonyl (C=O) groups excluding carboxylic acids is 1. The number of ketones is 1. The Hall–Kier alpha value is -1.23. The third-order valence-electron chi connectivity index (χ3n) is 1.54. The highest BCUT2D eigenvalue weighted by Crippen LogP contribution is 2.16. The zero-order valence-corrected chi connectivity index (χ0v) is 8.54. The highest BCUT2D eigenvalue weighted by Gasteiger charge is 2.15. The summed E-state index contributed by atoms with van der Waals surface area (Å²) in [6.07, 6.45) is -0.701. The largest absolute Gasteiger partial charge is 0.481 e. The van der Waals surface area contributed by atoms with Crippen LogP contribution in [-0.4, -0.2) is 16.9 Å². The van der Waals surface area contributed by atoms with Crippen molar-refractivity contribution >= 4 is 27.7 Å². The van der Waals surface area contributed by atoms with E-state index in [0.29, 0.717) is 4.47 Å². The van der Waals surface area contributed by atoms with E-state index in [4.69, 9.17) is 5.11 Å². The molecule has 0 saturated carbocycles. The molecule has 1 N–H and O–H groups in total. The minimum absolute atomic E-state index is 0.207. The summed E-state index contributed by atoms with van der Waals surface area (Å²) in [5.41, 5.74) is -0.207. The molecule has 1 aromatic rings. The molecule has 0 aliphatic rings. The molecule has 14 heavy (non-hydrogen) atoms. The fourth-order valence-corrected chi connectivity index (χ4v) is 1.30. The van der Waals surface area contributed by atoms with Gasteiger partial charge >= 0.3 is 5.97 Å². The average molecular weight is 261 g/mol. The van der Waals surface area contributed by atoms with Crippen LogP contribution in [0.15, 0.2) is 22.7 Å². The van der Waals surface area contributed by atoms with Crippen molar-refractivity contribution in [3.63, 3.8) is 0 Å². The van der Waals surface area contributed by atoms with E-state index in [1.54, 1.807) is 0 Å². The first kappa shape index (κ1) is 10.8. The Bertz CT molecular complexity index is 390. The van der Waals surface area contributed by atoms with Gasteiger partial charge in [0.15, 0.2) is 5.78 Å². The van der Waals surface area contributed by atoms with Crippen LogP contribution in [0.3, 0.4) is 0 Å². The van der Waals surface area contributed by atoms with E-state index in [1.807, 2.05) is 0 Å². The summed E-state index contributed by atoms with van der Waals surface area (Å²) in [6.45, 7) is 0. The van der Waals surface area contributed by atoms with Crippen LogP contribution >= 0.6 is 15.9 Å². The van der Waals surface area contributed by atoms with Crippen molar-refractivity contribution in [2.24, 2.45) is 0 Å². The number of carboxylic acids is 1. The molecular formula is C9H6BrFO3. The normalized spacial score (nSPS) is 9.86. The Morgan fingerprint density at radius 3 is 2.64 bits per heavy atom. The first-order valence-electron chi connectivity index (χ1n) is 3.70. The number of aliphatic carboxylic acids is 1. The summed E-state index contributed by atoms with van der Waals surface area (Å²) in [5.74, 6) is -2.72. The number of benzene rings is 1. The number of hydrogen-bond donors (Lipinski definition) is 1. The maximum atomic E-state index is 13.0. The number of carbonyl (C=O) groups is 2. The van der Waals surface area contributed by atoms with Gasteiger partial charge in [0.05, 0.1) is 5.56 Å². The third kappa shape index (κ3) is 2.63. The number of carboxylic acid groups (broad SMARTS) is 1. The highest BCUT2D eigenvalue weighted by molar-refractivity contribution is 9.10. The van der Waals surface area contributed by atoms with Crippen molar-refractivity contribution in [2.45, 2.75) is 6.42 Å². The number of rotatable bonds is 3. The van der Waals surface area contributed by atoms with Gasteiger partial charge in [-0.25, -0.2) is 4.39 Å². The topological polar surface area (TPSA) is 54.4 Å². The smallest absolute Gasteiger partial charge is 0.311 e. The van der Waals surface area contributed by atoms with E-state index in [-0.39, 0.29) is 5.56 Å². The number of halogens is 2. The first-order chi connectivity index (χ1) is 6.50. The Labute approximate surface area is 87.7 Å². The minimum Gasteiger partial charge on any atom is -0.481 e. The maximum absolute atomic E-state index is 13.0. The molecule has 0 aliphatic carbocycles. The summed E-state index contributed by atoms with van der Waals surface area (Å²) in [4.78, 5) is 21.4. The van der Waals surface area contributed by atoms with Crippen LogP contribution in [0.5, 0.6) is 0 Å². The zero-order chi connectivity index (χ0) is 10.7. The van der Waals surface area contributed by atoms with E-state index in [9.17, 15) is 14.0 Å². The fraction of sp³-hybridized carbons (Fsp3) is 0.111. The highest BCUT2D eigenvalue weighted by atomic mass is 79.9. The van der Waals surface area contributed by atoms with Gasteiger partial charge in [0.2, 0.25) is 0 Å². The predicted octanol–water partition coefficient (Wildman–Crippen LogP) is 2.25. The molecule has 0 unspecified atom stereocenters. The lowest BCUT2D eigenvalue weighted by atomic mass is 10.1. The monoisotopic (exact) mass is 260 g/mol. The predicted molar refractivity (Wildman–Crippen MR) is 50.7 cm³/mol. The molecule has 1 aromatic carbocycles. The SMILES string of the molecule is O=C(O)CC(=O)c1cc(Br)ccc1F. The first-order valence-corrected chi connectivity index (χ1v) is 4.50. The molecule has 0 heterocycles. The Morgan fingerprint density at radius 2 is 2.07 bits per heavy atom. The standard InChI is InChI=1S/C9H6BrFO3/c10-5-1-2-7(11)6(3-5)8(12)4-9(13)14/h1-3H,4H2,(H,13,14). The van der Waals surface area contributed by atoms with Crippen molar-refractivity contribution in [3.05, 3.63) is 34.1 Å². The van der Waals surface area contributed by atoms with Gasteiger partial charge in [-0.05, 0) is 18.2 Å². The molecule has 0 spiro atoms. The number of Topliss-reactive ketones (excluding diaryl/α,β-unsaturated/α-hetero) is 1. The second-order valence-electron chi connectivity index (χ2n) is 2.62. The van der Waals surface area contributed by atoms with Crippen molar-refractivity contribution in [1.29, 1.82) is 0 Å². The molecule has 3 nitrogen and oxygen atoms in total. The molecule has 0 amide bonds. The lowest BCUT2D eigenvalue weighted by Gasteiger charge is -2.00. The molecular weight excluding hydrogens is 255 g/mol. The fourth-order valence-electron chi connectivity index (χ4n) is 0.944. The van der Waals surface area contributed by atoms with Gasteiger partial charge in [-0.2, -0.15) is 0 Å². The summed E-state index contributed by atoms with van der Waals surface area (Å²) in [5, 5.41) is 8.35. The summed E-state index contributed by atoms with van der Waals surface area (Å²) >= 11 is 3.06. The van der Waals surface area contributed by atoms with E-state index < -0.39 is 24.0 Å². The molecule has 0 radical (unpaired) electrons. The van der Waals surface area contributed by atoms with Gasteiger partial charge in [0.25, 0.3) is 0 Å². The van der Waals surface area contributed by atoms with Crippen molar-refractivity contribution < 1.29 is 19.1 Å². The molecule has 0 atom stereocenters. The van der Waals surface area contributed by atoms with E-state index in [1.165, 1.54) is 12.1 Å². The van der Waals surface area contributed by atoms with Crippen LogP contribution in [0.2, 0.25) is 0 Å². The third-order valence-corrected chi connectivity index (χ3v) is 2.03. The van der Waals surface area contributed by atoms with Crippen LogP contribution in [0.1, 0.15) is 16.8 Å². The van der Waals surface area contributed by atoms with E-state index in [2.05, 4.69) is 15.9 Å². The van der Waals surface area contributed by atoms with Crippen LogP contribution in [-0.2, 0) is 4.79 Å². The lowest BCUT2D eigenvalue weighted by molar-refractivity contribution is -0.135. The van der Waals surface area contributed by atoms with Gasteiger partial charge in [-0.1, -0.05) is 15.9 Å². The Kier molecular flexibility index (Phi) is 3.35. The zero-order valence-electron chi connectivity index (χ0n) is 6.96. The quantitative estimate of drug-likeness (QED) is 0.670. The van der Waals surface area contributed by atoms with Crippen LogP contribution in [0, 0.1) is 5.82 Å². The van der Waals surface area contributed by atoms with Crippen molar-refractivity contribution in [2.75, 3.05) is 0 Å². The molecule has 5 heteroatoms. The van der Waals surface area contributed by atoms with Crippen LogP contribution in [0.25, 0.3) is 0 Å². The second-order valence-corrected chi connectivity index (χ2v) is 3.53. The van der Waals surface area contributed by atoms with E-state index >= 15 is 0 Å². The molecule has 0 aliphatic heterocycles. The molecule has 0 saturated heterocycles. The summed E-state index contributed by atoms with van der Waals surface area (Å²) in [6, 6.07) is 3.81. The molecule has 0 bridgehead atoms. The molecule has 1 rings (SSSR count). The van der Waals surface area contributed by atoms with Gasteiger partial charge in [0, 0.05) is 4.47 Å². The minimum atomic E-state index is -1.27.